The molecule has 1 aliphatic heterocycles. The fourth-order valence-corrected chi connectivity index (χ4v) is 13.0. The van der Waals surface area contributed by atoms with Gasteiger partial charge in [0.05, 0.1) is 12.7 Å². The predicted molar refractivity (Wildman–Crippen MR) is 161 cm³/mol. The lowest BCUT2D eigenvalue weighted by atomic mass is 9.31. The van der Waals surface area contributed by atoms with Gasteiger partial charge in [0, 0.05) is 17.8 Å². The van der Waals surface area contributed by atoms with Crippen molar-refractivity contribution in [3.63, 3.8) is 0 Å². The van der Waals surface area contributed by atoms with E-state index in [0.717, 1.165) is 30.8 Å². The van der Waals surface area contributed by atoms with Crippen LogP contribution < -0.4 is 0 Å². The van der Waals surface area contributed by atoms with E-state index in [9.17, 15) is 4.79 Å². The van der Waals surface area contributed by atoms with Crippen LogP contribution in [0.4, 0.5) is 0 Å². The first-order chi connectivity index (χ1) is 19.2. The van der Waals surface area contributed by atoms with Crippen molar-refractivity contribution in [3.8, 4) is 0 Å². The second-order valence-corrected chi connectivity index (χ2v) is 17.7. The highest BCUT2D eigenvalue weighted by Crippen LogP contribution is 2.78. The Labute approximate surface area is 248 Å². The maximum absolute atomic E-state index is 13.2. The van der Waals surface area contributed by atoms with Crippen molar-refractivity contribution in [3.05, 3.63) is 18.5 Å². The van der Waals surface area contributed by atoms with Gasteiger partial charge in [-0.15, -0.1) is 0 Å². The molecule has 1 saturated heterocycles. The zero-order valence-corrected chi connectivity index (χ0v) is 27.2. The number of nitrogens with zero attached hydrogens (tertiary/aromatic N) is 2. The zero-order chi connectivity index (χ0) is 29.2. The number of carbonyl (C=O) groups is 1. The second kappa shape index (κ2) is 8.85. The molecule has 2 heterocycles. The molecule has 2 bridgehead atoms. The largest absolute Gasteiger partial charge is 0.460 e. The second-order valence-electron chi connectivity index (χ2n) is 17.7. The summed E-state index contributed by atoms with van der Waals surface area (Å²) in [6.07, 6.45) is 16.9. The van der Waals surface area contributed by atoms with Gasteiger partial charge < -0.3 is 9.47 Å². The molecular weight excluding hydrogens is 508 g/mol. The van der Waals surface area contributed by atoms with E-state index in [4.69, 9.17) is 9.47 Å². The van der Waals surface area contributed by atoms with Gasteiger partial charge >= 0.3 is 5.97 Å². The number of hydrogen-bond acceptors (Lipinski definition) is 4. The molecule has 1 aromatic rings. The Balaban J connectivity index is 1.15. The molecule has 5 saturated carbocycles. The van der Waals surface area contributed by atoms with Gasteiger partial charge in [0.25, 0.3) is 0 Å². The van der Waals surface area contributed by atoms with Gasteiger partial charge in [-0.1, -0.05) is 48.5 Å². The Hall–Kier alpha value is -1.36. The van der Waals surface area contributed by atoms with Crippen molar-refractivity contribution < 1.29 is 14.3 Å². The number of aromatic nitrogens is 2. The smallest absolute Gasteiger partial charge is 0.330 e. The van der Waals surface area contributed by atoms with E-state index in [1.807, 2.05) is 19.2 Å². The summed E-state index contributed by atoms with van der Waals surface area (Å²) >= 11 is 0. The lowest BCUT2D eigenvalue weighted by Crippen LogP contribution is -2.68. The van der Waals surface area contributed by atoms with Crippen LogP contribution in [0.2, 0.25) is 0 Å². The highest BCUT2D eigenvalue weighted by atomic mass is 16.5. The SMILES string of the molecule is CC(C(=O)OC1CC[C@]2(C)[C@H]3CC[C@@H]4[C@H]5[C@H]6OC[C@@]5(CCC6(C)C)CC[C@@]4(C)[C@]3(C)CC[C@H]2C1(C)C)n1cccn1. The van der Waals surface area contributed by atoms with Crippen LogP contribution >= 0.6 is 0 Å². The van der Waals surface area contributed by atoms with Gasteiger partial charge in [-0.25, -0.2) is 4.79 Å². The molecule has 0 aromatic carbocycles. The van der Waals surface area contributed by atoms with Gasteiger partial charge in [-0.2, -0.15) is 5.10 Å². The summed E-state index contributed by atoms with van der Waals surface area (Å²) in [5.74, 6) is 2.70. The topological polar surface area (TPSA) is 53.4 Å². The fourth-order valence-electron chi connectivity index (χ4n) is 13.0. The number of fused-ring (bicyclic) bond motifs is 5. The van der Waals surface area contributed by atoms with Crippen LogP contribution in [0.1, 0.15) is 126 Å². The Morgan fingerprint density at radius 3 is 2.39 bits per heavy atom. The van der Waals surface area contributed by atoms with Crippen molar-refractivity contribution >= 4 is 5.97 Å². The molecule has 0 amide bonds. The van der Waals surface area contributed by atoms with Crippen LogP contribution in [0, 0.1) is 56.2 Å². The van der Waals surface area contributed by atoms with E-state index in [1.165, 1.54) is 57.8 Å². The molecule has 11 atom stereocenters. The van der Waals surface area contributed by atoms with Crippen molar-refractivity contribution in [2.24, 2.45) is 56.2 Å². The number of carbonyl (C=O) groups excluding carboxylic acids is 1. The molecule has 5 heteroatoms. The minimum atomic E-state index is -0.391. The molecule has 5 nitrogen and oxygen atoms in total. The van der Waals surface area contributed by atoms with E-state index in [0.29, 0.717) is 33.7 Å². The first-order valence-electron chi connectivity index (χ1n) is 17.0. The van der Waals surface area contributed by atoms with E-state index >= 15 is 0 Å². The lowest BCUT2D eigenvalue weighted by Gasteiger charge is -2.73. The highest BCUT2D eigenvalue weighted by molar-refractivity contribution is 5.73. The Morgan fingerprint density at radius 1 is 0.902 bits per heavy atom. The molecule has 228 valence electrons. The summed E-state index contributed by atoms with van der Waals surface area (Å²) in [6, 6.07) is 1.48. The van der Waals surface area contributed by atoms with Crippen LogP contribution in [-0.2, 0) is 14.3 Å². The van der Waals surface area contributed by atoms with Crippen LogP contribution in [0.3, 0.4) is 0 Å². The molecule has 6 aliphatic rings. The molecule has 1 aromatic heterocycles. The third-order valence-corrected chi connectivity index (χ3v) is 15.6. The van der Waals surface area contributed by atoms with Gasteiger partial charge in [-0.3, -0.25) is 4.68 Å². The first-order valence-corrected chi connectivity index (χ1v) is 17.0. The van der Waals surface area contributed by atoms with Gasteiger partial charge in [0.2, 0.25) is 0 Å². The summed E-state index contributed by atoms with van der Waals surface area (Å²) in [6.45, 7) is 20.8. The fraction of sp³-hybridized carbons (Fsp3) is 0.889. The molecule has 0 radical (unpaired) electrons. The molecule has 7 rings (SSSR count). The van der Waals surface area contributed by atoms with Crippen molar-refractivity contribution in [2.45, 2.75) is 138 Å². The Morgan fingerprint density at radius 2 is 1.66 bits per heavy atom. The summed E-state index contributed by atoms with van der Waals surface area (Å²) < 4.78 is 14.8. The maximum Gasteiger partial charge on any atom is 0.330 e. The zero-order valence-electron chi connectivity index (χ0n) is 27.2. The van der Waals surface area contributed by atoms with Crippen LogP contribution in [-0.4, -0.2) is 34.6 Å². The standard InChI is InChI=1S/C36H56N2O3/c1-23(38-21-9-20-37-38)30(39)41-27-13-14-33(6)25(32(27,4)5)12-15-35(8)26(33)11-10-24-28-29-31(2,3)16-18-36(28,22-40-29)19-17-34(24,35)7/h9,20-21,23-29H,10-19,22H2,1-8H3/t23?,24-,25+,26-,27?,28+,29-,33+,34-,35-,36-/m1/s1. The van der Waals surface area contributed by atoms with Crippen molar-refractivity contribution in [2.75, 3.05) is 6.61 Å². The summed E-state index contributed by atoms with van der Waals surface area (Å²) in [4.78, 5) is 13.2. The molecule has 2 unspecified atom stereocenters. The molecule has 5 aliphatic carbocycles. The van der Waals surface area contributed by atoms with Crippen LogP contribution in [0.5, 0.6) is 0 Å². The number of hydrogen-bond donors (Lipinski definition) is 0. The van der Waals surface area contributed by atoms with E-state index in [2.05, 4.69) is 53.6 Å². The average Bonchev–Trinajstić information content (AvgIpc) is 3.56. The van der Waals surface area contributed by atoms with Gasteiger partial charge in [-0.05, 0) is 128 Å². The normalized spacial score (nSPS) is 50.0. The predicted octanol–water partition coefficient (Wildman–Crippen LogP) is 8.25. The van der Waals surface area contributed by atoms with Crippen molar-refractivity contribution in [1.82, 2.24) is 9.78 Å². The third kappa shape index (κ3) is 3.62. The van der Waals surface area contributed by atoms with Gasteiger partial charge in [0.15, 0.2) is 0 Å². The molecular formula is C36H56N2O3. The number of rotatable bonds is 3. The summed E-state index contributed by atoms with van der Waals surface area (Å²) in [5.41, 5.74) is 1.74. The van der Waals surface area contributed by atoms with Crippen LogP contribution in [0.15, 0.2) is 18.5 Å². The minimum Gasteiger partial charge on any atom is -0.460 e. The summed E-state index contributed by atoms with van der Waals surface area (Å²) in [7, 11) is 0. The first kappa shape index (κ1) is 28.4. The van der Waals surface area contributed by atoms with E-state index < -0.39 is 6.04 Å². The third-order valence-electron chi connectivity index (χ3n) is 15.6. The number of esters is 1. The van der Waals surface area contributed by atoms with Gasteiger partial charge in [0.1, 0.15) is 12.1 Å². The molecule has 0 spiro atoms. The monoisotopic (exact) mass is 564 g/mol. The van der Waals surface area contributed by atoms with E-state index in [1.54, 1.807) is 10.9 Å². The number of ether oxygens (including phenoxy) is 2. The molecule has 0 N–H and O–H groups in total. The minimum absolute atomic E-state index is 0.0332. The lowest BCUT2D eigenvalue weighted by molar-refractivity contribution is -0.254. The van der Waals surface area contributed by atoms with Crippen molar-refractivity contribution in [1.29, 1.82) is 0 Å². The Bertz CT molecular complexity index is 1190. The average molecular weight is 565 g/mol. The Kier molecular flexibility index (Phi) is 6.13. The molecule has 41 heavy (non-hydrogen) atoms. The van der Waals surface area contributed by atoms with Crippen LogP contribution in [0.25, 0.3) is 0 Å². The van der Waals surface area contributed by atoms with E-state index in [-0.39, 0.29) is 22.9 Å². The maximum atomic E-state index is 13.2. The molecule has 6 fully saturated rings. The quantitative estimate of drug-likeness (QED) is 0.347. The highest BCUT2D eigenvalue weighted by Gasteiger charge is 2.73. The summed E-state index contributed by atoms with van der Waals surface area (Å²) in [5, 5.41) is 4.29.